The highest BCUT2D eigenvalue weighted by Gasteiger charge is 2.67. The summed E-state index contributed by atoms with van der Waals surface area (Å²) in [4.78, 5) is 44.4. The van der Waals surface area contributed by atoms with Crippen LogP contribution in [0.15, 0.2) is 60.7 Å². The molecule has 2 aromatic rings. The number of fused-ring (bicyclic) bond motifs is 2. The molecule has 416 valence electrons. The van der Waals surface area contributed by atoms with E-state index in [9.17, 15) is 9.59 Å². The first-order valence-electron chi connectivity index (χ1n) is 26.1. The summed E-state index contributed by atoms with van der Waals surface area (Å²) < 4.78 is 120. The minimum atomic E-state index is -4.92. The van der Waals surface area contributed by atoms with Crippen molar-refractivity contribution in [3.8, 4) is 0 Å². The molecular weight excluding hydrogens is 968 g/mol. The second-order valence-corrected chi connectivity index (χ2v) is 22.5. The number of methoxy groups -OCH3 is 2. The molecule has 0 spiro atoms. The third-order valence-electron chi connectivity index (χ3n) is 16.3. The molecule has 4 aliphatic rings. The van der Waals surface area contributed by atoms with Gasteiger partial charge in [0.1, 0.15) is 17.1 Å². The SMILES string of the molecule is CC[C@H]1OC(=O)[C@H](C)[C@@H](OC2C[C@@](C)(OC)[C@@H](OC(=O)c3ccccc3)[C@H](C)O2)[C@H](C)[C@@H](OC2O[C@H](C)C[C@H](N(C)C)[C@H]2OC(=O)c2ccccc2)[C@@](C)(OC)C[C@@H](C)[C@@H]2OC(C)(C)O[C@H]([C@H]2C)[C@]1(C)C(F)(F)F. The monoisotopic (exact) mass is 1050 g/mol. The Labute approximate surface area is 436 Å². The van der Waals surface area contributed by atoms with Crippen LogP contribution in [0.4, 0.5) is 13.2 Å². The smallest absolute Gasteiger partial charge is 0.400 e. The number of nitrogens with zero attached hydrogens (tertiary/aromatic N) is 1. The molecule has 74 heavy (non-hydrogen) atoms. The second kappa shape index (κ2) is 23.5. The minimum Gasteiger partial charge on any atom is -0.461 e. The van der Waals surface area contributed by atoms with Gasteiger partial charge in [0.25, 0.3) is 0 Å². The van der Waals surface area contributed by atoms with Gasteiger partial charge in [-0.1, -0.05) is 64.1 Å². The summed E-state index contributed by atoms with van der Waals surface area (Å²) in [5.41, 5.74) is -4.63. The third-order valence-corrected chi connectivity index (χ3v) is 16.3. The molecule has 2 aromatic carbocycles. The molecule has 2 unspecified atom stereocenters. The van der Waals surface area contributed by atoms with Crippen molar-refractivity contribution in [2.45, 2.75) is 205 Å². The quantitative estimate of drug-likeness (QED) is 0.146. The van der Waals surface area contributed by atoms with Crippen molar-refractivity contribution >= 4 is 17.9 Å². The van der Waals surface area contributed by atoms with E-state index in [4.69, 9.17) is 52.1 Å². The van der Waals surface area contributed by atoms with Crippen LogP contribution in [0.3, 0.4) is 0 Å². The van der Waals surface area contributed by atoms with Crippen LogP contribution in [0.5, 0.6) is 0 Å². The van der Waals surface area contributed by atoms with E-state index < -0.39 is 138 Å². The van der Waals surface area contributed by atoms with E-state index in [1.54, 1.807) is 109 Å². The number of benzene rings is 2. The molecular formula is C56H82F3NO14. The van der Waals surface area contributed by atoms with Crippen LogP contribution in [0.1, 0.15) is 129 Å². The first-order valence-corrected chi connectivity index (χ1v) is 26.1. The van der Waals surface area contributed by atoms with Crippen molar-refractivity contribution in [3.63, 3.8) is 0 Å². The molecule has 4 heterocycles. The number of cyclic esters (lactones) is 1. The Morgan fingerprint density at radius 2 is 1.28 bits per heavy atom. The van der Waals surface area contributed by atoms with E-state index in [1.165, 1.54) is 14.2 Å². The van der Waals surface area contributed by atoms with Gasteiger partial charge < -0.3 is 57.0 Å². The average molecular weight is 1050 g/mol. The number of ether oxygens (including phenoxy) is 11. The Morgan fingerprint density at radius 1 is 0.730 bits per heavy atom. The first kappa shape index (κ1) is 59.5. The van der Waals surface area contributed by atoms with E-state index in [1.807, 2.05) is 46.7 Å². The van der Waals surface area contributed by atoms with Crippen molar-refractivity contribution in [2.24, 2.45) is 29.1 Å². The zero-order chi connectivity index (χ0) is 54.9. The molecule has 4 fully saturated rings. The zero-order valence-corrected chi connectivity index (χ0v) is 46.1. The van der Waals surface area contributed by atoms with E-state index in [0.717, 1.165) is 6.92 Å². The van der Waals surface area contributed by atoms with Crippen molar-refractivity contribution in [3.05, 3.63) is 71.8 Å². The largest absolute Gasteiger partial charge is 0.461 e. The number of alkyl halides is 3. The normalized spacial score (nSPS) is 40.4. The van der Waals surface area contributed by atoms with E-state index in [-0.39, 0.29) is 25.4 Å². The summed E-state index contributed by atoms with van der Waals surface area (Å²) >= 11 is 0. The predicted octanol–water partition coefficient (Wildman–Crippen LogP) is 9.58. The lowest BCUT2D eigenvalue weighted by atomic mass is 9.67. The van der Waals surface area contributed by atoms with E-state index in [0.29, 0.717) is 17.5 Å². The van der Waals surface area contributed by atoms with Gasteiger partial charge in [0.15, 0.2) is 30.6 Å². The van der Waals surface area contributed by atoms with Crippen molar-refractivity contribution in [1.29, 1.82) is 0 Å². The Morgan fingerprint density at radius 3 is 1.81 bits per heavy atom. The predicted molar refractivity (Wildman–Crippen MR) is 267 cm³/mol. The summed E-state index contributed by atoms with van der Waals surface area (Å²) in [7, 11) is 6.77. The summed E-state index contributed by atoms with van der Waals surface area (Å²) in [5, 5.41) is 0. The topological polar surface area (TPSA) is 156 Å². The Bertz CT molecular complexity index is 2190. The minimum absolute atomic E-state index is 0.0175. The number of rotatable bonds is 12. The second-order valence-electron chi connectivity index (χ2n) is 22.5. The highest BCUT2D eigenvalue weighted by atomic mass is 19.4. The zero-order valence-electron chi connectivity index (χ0n) is 46.1. The highest BCUT2D eigenvalue weighted by molar-refractivity contribution is 5.90. The van der Waals surface area contributed by atoms with Gasteiger partial charge in [0, 0.05) is 32.5 Å². The number of halogens is 3. The van der Waals surface area contributed by atoms with Gasteiger partial charge in [-0.15, -0.1) is 0 Å². The highest BCUT2D eigenvalue weighted by Crippen LogP contribution is 2.54. The maximum absolute atomic E-state index is 16.1. The maximum Gasteiger partial charge on any atom is 0.400 e. The van der Waals surface area contributed by atoms with Crippen molar-refractivity contribution in [1.82, 2.24) is 4.90 Å². The van der Waals surface area contributed by atoms with Crippen molar-refractivity contribution in [2.75, 3.05) is 28.3 Å². The van der Waals surface area contributed by atoms with E-state index in [2.05, 4.69) is 0 Å². The van der Waals surface area contributed by atoms with Gasteiger partial charge in [-0.3, -0.25) is 4.79 Å². The van der Waals surface area contributed by atoms with Gasteiger partial charge in [-0.2, -0.15) is 13.2 Å². The fourth-order valence-electron chi connectivity index (χ4n) is 12.1. The van der Waals surface area contributed by atoms with E-state index >= 15 is 18.0 Å². The number of carbonyl (C=O) groups is 3. The average Bonchev–Trinajstić information content (AvgIpc) is 3.35. The molecule has 0 amide bonds. The molecule has 19 atom stereocenters. The molecule has 0 saturated carbocycles. The fraction of sp³-hybridized carbons (Fsp3) is 0.732. The van der Waals surface area contributed by atoms with Crippen molar-refractivity contribution < 1.29 is 79.7 Å². The van der Waals surface area contributed by atoms with Gasteiger partial charge in [-0.05, 0) is 119 Å². The Kier molecular flexibility index (Phi) is 18.9. The lowest BCUT2D eigenvalue weighted by Gasteiger charge is -2.55. The summed E-state index contributed by atoms with van der Waals surface area (Å²) in [5.74, 6) is -7.25. The van der Waals surface area contributed by atoms with Crippen LogP contribution >= 0.6 is 0 Å². The number of esters is 3. The van der Waals surface area contributed by atoms with Crippen LogP contribution in [0.2, 0.25) is 0 Å². The fourth-order valence-corrected chi connectivity index (χ4v) is 12.1. The third kappa shape index (κ3) is 12.5. The molecule has 0 aromatic heterocycles. The molecule has 0 aliphatic carbocycles. The lowest BCUT2D eigenvalue weighted by Crippen LogP contribution is -2.65. The number of carbonyl (C=O) groups excluding carboxylic acids is 3. The molecule has 6 rings (SSSR count). The summed E-state index contributed by atoms with van der Waals surface area (Å²) in [6.45, 7) is 19.9. The standard InChI is InChI=1S/C56H82F3NO14/c1-17-40-55(12,56(57,58)59)46-33(4)42(73-52(8,9)74-46)31(2)29-53(10,64-15)45(72-51-44(39(60(13)14)28-32(3)66-51)70-49(62)37-24-20-18-21-25-37)34(5)43(35(6)48(61)68-40)69-41-30-54(11,65-16)47(36(7)67-41)71-50(63)38-26-22-19-23-27-38/h18-27,31-36,39-47,51H,17,28-30H2,1-16H3/t31-,32-,33+,34+,35-,36+,39+,40-,41?,42+,43+,44-,45-,46-,47+,51?,53+,54-,55-/m1/s1. The maximum atomic E-state index is 16.1. The van der Waals surface area contributed by atoms with Gasteiger partial charge in [0.05, 0.1) is 65.3 Å². The molecule has 2 bridgehead atoms. The summed E-state index contributed by atoms with van der Waals surface area (Å²) in [6, 6.07) is 16.7. The van der Waals surface area contributed by atoms with Gasteiger partial charge in [0.2, 0.25) is 0 Å². The number of likely N-dealkylation sites (N-methyl/N-ethyl adjacent to an activating group) is 1. The Hall–Kier alpha value is -3.72. The van der Waals surface area contributed by atoms with Crippen LogP contribution < -0.4 is 0 Å². The molecule has 4 aliphatic heterocycles. The molecule has 15 nitrogen and oxygen atoms in total. The molecule has 4 saturated heterocycles. The van der Waals surface area contributed by atoms with Crippen LogP contribution in [0, 0.1) is 29.1 Å². The van der Waals surface area contributed by atoms with Gasteiger partial charge in [-0.25, -0.2) is 9.59 Å². The summed E-state index contributed by atoms with van der Waals surface area (Å²) in [6.07, 6.45) is -16.5. The van der Waals surface area contributed by atoms with Crippen LogP contribution in [-0.4, -0.2) is 148 Å². The van der Waals surface area contributed by atoms with Crippen LogP contribution in [0.25, 0.3) is 0 Å². The molecule has 0 radical (unpaired) electrons. The van der Waals surface area contributed by atoms with Gasteiger partial charge >= 0.3 is 24.1 Å². The molecule has 0 N–H and O–H groups in total. The van der Waals surface area contributed by atoms with Crippen LogP contribution in [-0.2, 0) is 56.9 Å². The number of hydrogen-bond acceptors (Lipinski definition) is 15. The number of hydrogen-bond donors (Lipinski definition) is 0. The molecule has 18 heteroatoms. The Balaban J connectivity index is 1.50. The first-order chi connectivity index (χ1) is 34.5. The lowest BCUT2D eigenvalue weighted by molar-refractivity contribution is -0.385.